The number of aromatic nitrogens is 3. The molecule has 4 heteroatoms. The van der Waals surface area contributed by atoms with Crippen LogP contribution in [0.4, 0.5) is 0 Å². The Morgan fingerprint density at radius 2 is 1.58 bits per heavy atom. The highest BCUT2D eigenvalue weighted by atomic mass is 16.1. The molecule has 0 spiro atoms. The number of aromatic amines is 1. The van der Waals surface area contributed by atoms with Gasteiger partial charge in [0.2, 0.25) is 0 Å². The first-order valence-corrected chi connectivity index (χ1v) is 6.09. The van der Waals surface area contributed by atoms with Crippen LogP contribution in [0.25, 0.3) is 11.4 Å². The minimum Gasteiger partial charge on any atom is -0.289 e. The summed E-state index contributed by atoms with van der Waals surface area (Å²) in [5.41, 5.74) is 1.77. The Hall–Kier alpha value is -2.62. The first-order valence-electron chi connectivity index (χ1n) is 6.09. The quantitative estimate of drug-likeness (QED) is 0.776. The molecule has 0 aliphatic carbocycles. The second-order valence-corrected chi connectivity index (χ2v) is 4.29. The van der Waals surface area contributed by atoms with Crippen molar-refractivity contribution in [2.75, 3.05) is 0 Å². The summed E-state index contributed by atoms with van der Waals surface area (Å²) in [6.45, 7) is 0.475. The molecule has 0 saturated heterocycles. The standard InChI is InChI=1S/C15H13N3O/c19-15-16-14(13-9-5-2-6-10-13)17-18(15)11-12-7-3-1-4-8-12/h1-10H,11H2,(H,16,17,19). The summed E-state index contributed by atoms with van der Waals surface area (Å²) in [4.78, 5) is 14.6. The number of benzene rings is 2. The van der Waals surface area contributed by atoms with Crippen molar-refractivity contribution in [3.8, 4) is 11.4 Å². The van der Waals surface area contributed by atoms with Crippen LogP contribution in [0, 0.1) is 0 Å². The van der Waals surface area contributed by atoms with Gasteiger partial charge in [-0.1, -0.05) is 60.7 Å². The van der Waals surface area contributed by atoms with Crippen LogP contribution >= 0.6 is 0 Å². The van der Waals surface area contributed by atoms with E-state index in [1.807, 2.05) is 60.7 Å². The summed E-state index contributed by atoms with van der Waals surface area (Å²) >= 11 is 0. The molecule has 4 nitrogen and oxygen atoms in total. The normalized spacial score (nSPS) is 10.5. The minimum absolute atomic E-state index is 0.192. The lowest BCUT2D eigenvalue weighted by Gasteiger charge is -1.99. The minimum atomic E-state index is -0.192. The van der Waals surface area contributed by atoms with Crippen molar-refractivity contribution in [1.29, 1.82) is 0 Å². The summed E-state index contributed by atoms with van der Waals surface area (Å²) in [6.07, 6.45) is 0. The lowest BCUT2D eigenvalue weighted by atomic mass is 10.2. The van der Waals surface area contributed by atoms with E-state index in [0.29, 0.717) is 12.4 Å². The zero-order chi connectivity index (χ0) is 13.1. The van der Waals surface area contributed by atoms with E-state index in [9.17, 15) is 4.79 Å². The number of hydrogen-bond donors (Lipinski definition) is 1. The monoisotopic (exact) mass is 251 g/mol. The van der Waals surface area contributed by atoms with Crippen LogP contribution in [-0.2, 0) is 6.54 Å². The van der Waals surface area contributed by atoms with E-state index < -0.39 is 0 Å². The van der Waals surface area contributed by atoms with Crippen molar-refractivity contribution >= 4 is 0 Å². The van der Waals surface area contributed by atoms with Crippen LogP contribution in [0.15, 0.2) is 65.5 Å². The van der Waals surface area contributed by atoms with E-state index in [0.717, 1.165) is 11.1 Å². The van der Waals surface area contributed by atoms with E-state index in [1.54, 1.807) is 0 Å². The number of hydrogen-bond acceptors (Lipinski definition) is 2. The molecule has 0 atom stereocenters. The highest BCUT2D eigenvalue weighted by Gasteiger charge is 2.06. The van der Waals surface area contributed by atoms with Crippen LogP contribution in [-0.4, -0.2) is 14.8 Å². The van der Waals surface area contributed by atoms with Crippen molar-refractivity contribution in [3.05, 3.63) is 76.7 Å². The van der Waals surface area contributed by atoms with Gasteiger partial charge in [0, 0.05) is 5.56 Å². The second-order valence-electron chi connectivity index (χ2n) is 4.29. The van der Waals surface area contributed by atoms with Crippen molar-refractivity contribution in [2.24, 2.45) is 0 Å². The van der Waals surface area contributed by atoms with Gasteiger partial charge in [0.25, 0.3) is 0 Å². The van der Waals surface area contributed by atoms with Crippen LogP contribution < -0.4 is 5.69 Å². The fourth-order valence-electron chi connectivity index (χ4n) is 1.95. The Labute approximate surface area is 110 Å². The molecule has 1 aromatic heterocycles. The van der Waals surface area contributed by atoms with Gasteiger partial charge in [0.15, 0.2) is 5.82 Å². The van der Waals surface area contributed by atoms with Crippen LogP contribution in [0.3, 0.4) is 0 Å². The van der Waals surface area contributed by atoms with Gasteiger partial charge in [-0.3, -0.25) is 4.98 Å². The predicted molar refractivity (Wildman–Crippen MR) is 73.8 cm³/mol. The molecule has 0 amide bonds. The average molecular weight is 251 g/mol. The molecule has 19 heavy (non-hydrogen) atoms. The number of rotatable bonds is 3. The van der Waals surface area contributed by atoms with E-state index >= 15 is 0 Å². The van der Waals surface area contributed by atoms with Gasteiger partial charge in [-0.2, -0.15) is 0 Å². The third-order valence-corrected chi connectivity index (χ3v) is 2.90. The zero-order valence-electron chi connectivity index (χ0n) is 10.3. The molecular formula is C15H13N3O. The largest absolute Gasteiger partial charge is 0.343 e. The van der Waals surface area contributed by atoms with E-state index in [-0.39, 0.29) is 5.69 Å². The molecule has 0 saturated carbocycles. The SMILES string of the molecule is O=c1[nH]c(-c2ccccc2)nn1Cc1ccccc1. The van der Waals surface area contributed by atoms with Crippen LogP contribution in [0.2, 0.25) is 0 Å². The third-order valence-electron chi connectivity index (χ3n) is 2.90. The van der Waals surface area contributed by atoms with E-state index in [1.165, 1.54) is 4.68 Å². The Bertz CT molecular complexity index is 714. The van der Waals surface area contributed by atoms with Gasteiger partial charge >= 0.3 is 5.69 Å². The molecule has 0 unspecified atom stereocenters. The third kappa shape index (κ3) is 2.47. The topological polar surface area (TPSA) is 50.7 Å². The highest BCUT2D eigenvalue weighted by molar-refractivity contribution is 5.53. The molecule has 0 aliphatic heterocycles. The van der Waals surface area contributed by atoms with E-state index in [2.05, 4.69) is 10.1 Å². The van der Waals surface area contributed by atoms with Crippen LogP contribution in [0.1, 0.15) is 5.56 Å². The molecule has 1 heterocycles. The fourth-order valence-corrected chi connectivity index (χ4v) is 1.95. The second kappa shape index (κ2) is 4.94. The number of H-pyrrole nitrogens is 1. The maximum Gasteiger partial charge on any atom is 0.343 e. The molecule has 2 aromatic carbocycles. The molecule has 0 radical (unpaired) electrons. The zero-order valence-corrected chi connectivity index (χ0v) is 10.3. The van der Waals surface area contributed by atoms with Gasteiger partial charge in [0.1, 0.15) is 0 Å². The van der Waals surface area contributed by atoms with Gasteiger partial charge in [0.05, 0.1) is 6.54 Å². The Balaban J connectivity index is 1.93. The Morgan fingerprint density at radius 1 is 0.947 bits per heavy atom. The van der Waals surface area contributed by atoms with Crippen molar-refractivity contribution in [1.82, 2.24) is 14.8 Å². The summed E-state index contributed by atoms with van der Waals surface area (Å²) < 4.78 is 1.44. The maximum atomic E-state index is 11.9. The number of nitrogens with one attached hydrogen (secondary N) is 1. The molecular weight excluding hydrogens is 238 g/mol. The molecule has 94 valence electrons. The summed E-state index contributed by atoms with van der Waals surface area (Å²) in [5.74, 6) is 0.599. The summed E-state index contributed by atoms with van der Waals surface area (Å²) in [7, 11) is 0. The lowest BCUT2D eigenvalue weighted by molar-refractivity contribution is 0.660. The first kappa shape index (κ1) is 11.5. The number of nitrogens with zero attached hydrogens (tertiary/aromatic N) is 2. The van der Waals surface area contributed by atoms with E-state index in [4.69, 9.17) is 0 Å². The van der Waals surface area contributed by atoms with Crippen molar-refractivity contribution in [3.63, 3.8) is 0 Å². The maximum absolute atomic E-state index is 11.9. The average Bonchev–Trinajstić information content (AvgIpc) is 2.82. The molecule has 3 aromatic rings. The van der Waals surface area contributed by atoms with Crippen molar-refractivity contribution in [2.45, 2.75) is 6.54 Å². The Kier molecular flexibility index (Phi) is 2.98. The van der Waals surface area contributed by atoms with Gasteiger partial charge < -0.3 is 0 Å². The molecule has 0 aliphatic rings. The smallest absolute Gasteiger partial charge is 0.289 e. The predicted octanol–water partition coefficient (Wildman–Crippen LogP) is 2.29. The molecule has 0 bridgehead atoms. The molecule has 0 fully saturated rings. The van der Waals surface area contributed by atoms with Gasteiger partial charge in [-0.15, -0.1) is 5.10 Å². The molecule has 1 N–H and O–H groups in total. The first-order chi connectivity index (χ1) is 9.33. The summed E-state index contributed by atoms with van der Waals surface area (Å²) in [6, 6.07) is 19.4. The highest BCUT2D eigenvalue weighted by Crippen LogP contribution is 2.11. The van der Waals surface area contributed by atoms with Crippen LogP contribution in [0.5, 0.6) is 0 Å². The molecule has 3 rings (SSSR count). The summed E-state index contributed by atoms with van der Waals surface area (Å²) in [5, 5.41) is 4.32. The Morgan fingerprint density at radius 3 is 2.26 bits per heavy atom. The lowest BCUT2D eigenvalue weighted by Crippen LogP contribution is -2.18. The van der Waals surface area contributed by atoms with Crippen molar-refractivity contribution < 1.29 is 0 Å². The van der Waals surface area contributed by atoms with Gasteiger partial charge in [-0.25, -0.2) is 9.48 Å². The fraction of sp³-hybridized carbons (Fsp3) is 0.0667. The van der Waals surface area contributed by atoms with Gasteiger partial charge in [-0.05, 0) is 5.56 Å².